The lowest BCUT2D eigenvalue weighted by Crippen LogP contribution is -2.10. The van der Waals surface area contributed by atoms with Crippen LogP contribution in [0.1, 0.15) is 0 Å². The van der Waals surface area contributed by atoms with Crippen LogP contribution < -0.4 is 4.74 Å². The number of phenolic OH excluding ortho intramolecular Hbond substituents is 1. The Hall–Kier alpha value is -2.10. The van der Waals surface area contributed by atoms with Gasteiger partial charge in [-0.1, -0.05) is 6.58 Å². The SMILES string of the molecule is C=C(C=O)C(=O)Oc1ccc(O)cc1. The number of carbonyl (C=O) groups is 2. The molecule has 0 aliphatic rings. The molecule has 0 unspecified atom stereocenters. The van der Waals surface area contributed by atoms with Crippen molar-refractivity contribution in [3.63, 3.8) is 0 Å². The van der Waals surface area contributed by atoms with Crippen molar-refractivity contribution in [1.82, 2.24) is 0 Å². The molecule has 0 heterocycles. The lowest BCUT2D eigenvalue weighted by atomic mass is 10.3. The van der Waals surface area contributed by atoms with Crippen molar-refractivity contribution < 1.29 is 19.4 Å². The second-order valence-electron chi connectivity index (χ2n) is 2.53. The Labute approximate surface area is 80.4 Å². The van der Waals surface area contributed by atoms with Crippen LogP contribution in [0.4, 0.5) is 0 Å². The molecule has 4 nitrogen and oxygen atoms in total. The highest BCUT2D eigenvalue weighted by molar-refractivity contribution is 6.07. The van der Waals surface area contributed by atoms with Crippen molar-refractivity contribution >= 4 is 12.3 Å². The number of rotatable bonds is 3. The summed E-state index contributed by atoms with van der Waals surface area (Å²) in [5.41, 5.74) is -0.252. The number of hydrogen-bond acceptors (Lipinski definition) is 4. The average Bonchev–Trinajstić information content (AvgIpc) is 2.20. The first-order chi connectivity index (χ1) is 6.63. The number of esters is 1. The molecule has 0 fully saturated rings. The Morgan fingerprint density at radius 1 is 1.36 bits per heavy atom. The Morgan fingerprint density at radius 3 is 2.43 bits per heavy atom. The summed E-state index contributed by atoms with van der Waals surface area (Å²) in [6.45, 7) is 3.19. The number of phenols is 1. The van der Waals surface area contributed by atoms with Gasteiger partial charge in [0.1, 0.15) is 11.5 Å². The Morgan fingerprint density at radius 2 is 1.93 bits per heavy atom. The third kappa shape index (κ3) is 2.45. The fourth-order valence-electron chi connectivity index (χ4n) is 0.735. The fraction of sp³-hybridized carbons (Fsp3) is 0. The highest BCUT2D eigenvalue weighted by Crippen LogP contribution is 2.16. The normalized spacial score (nSPS) is 9.14. The number of benzene rings is 1. The molecule has 0 saturated carbocycles. The molecule has 0 aliphatic heterocycles. The van der Waals surface area contributed by atoms with Gasteiger partial charge in [0.2, 0.25) is 0 Å². The molecular weight excluding hydrogens is 184 g/mol. The van der Waals surface area contributed by atoms with Crippen molar-refractivity contribution in [3.05, 3.63) is 36.4 Å². The van der Waals surface area contributed by atoms with E-state index in [-0.39, 0.29) is 17.1 Å². The van der Waals surface area contributed by atoms with E-state index in [0.29, 0.717) is 6.29 Å². The molecule has 0 atom stereocenters. The monoisotopic (exact) mass is 192 g/mol. The van der Waals surface area contributed by atoms with E-state index in [2.05, 4.69) is 6.58 Å². The molecule has 4 heteroatoms. The van der Waals surface area contributed by atoms with Crippen LogP contribution in [-0.2, 0) is 9.59 Å². The van der Waals surface area contributed by atoms with E-state index in [4.69, 9.17) is 9.84 Å². The first kappa shape index (κ1) is 9.98. The largest absolute Gasteiger partial charge is 0.508 e. The second kappa shape index (κ2) is 4.23. The van der Waals surface area contributed by atoms with Crippen LogP contribution in [-0.4, -0.2) is 17.4 Å². The summed E-state index contributed by atoms with van der Waals surface area (Å²) in [7, 11) is 0. The number of aldehydes is 1. The fourth-order valence-corrected chi connectivity index (χ4v) is 0.735. The van der Waals surface area contributed by atoms with Gasteiger partial charge in [0.25, 0.3) is 0 Å². The maximum absolute atomic E-state index is 11.0. The third-order valence-electron chi connectivity index (χ3n) is 1.45. The predicted molar refractivity (Wildman–Crippen MR) is 48.9 cm³/mol. The first-order valence-electron chi connectivity index (χ1n) is 3.79. The molecule has 1 aromatic carbocycles. The summed E-state index contributed by atoms with van der Waals surface area (Å²) in [6.07, 6.45) is 0.322. The van der Waals surface area contributed by atoms with E-state index in [9.17, 15) is 9.59 Å². The van der Waals surface area contributed by atoms with Gasteiger partial charge in [0.05, 0.1) is 5.57 Å². The number of aromatic hydroxyl groups is 1. The van der Waals surface area contributed by atoms with E-state index in [0.717, 1.165) is 0 Å². The zero-order valence-electron chi connectivity index (χ0n) is 7.27. The van der Waals surface area contributed by atoms with E-state index in [1.54, 1.807) is 0 Å². The minimum Gasteiger partial charge on any atom is -0.508 e. The molecule has 14 heavy (non-hydrogen) atoms. The summed E-state index contributed by atoms with van der Waals surface area (Å²) in [6, 6.07) is 5.55. The van der Waals surface area contributed by atoms with Crippen LogP contribution in [0.25, 0.3) is 0 Å². The summed E-state index contributed by atoms with van der Waals surface area (Å²) < 4.78 is 4.74. The second-order valence-corrected chi connectivity index (χ2v) is 2.53. The van der Waals surface area contributed by atoms with Gasteiger partial charge in [-0.2, -0.15) is 0 Å². The van der Waals surface area contributed by atoms with Crippen molar-refractivity contribution in [1.29, 1.82) is 0 Å². The zero-order valence-corrected chi connectivity index (χ0v) is 7.27. The van der Waals surface area contributed by atoms with Crippen LogP contribution in [0, 0.1) is 0 Å². The Balaban J connectivity index is 2.70. The number of hydrogen-bond donors (Lipinski definition) is 1. The maximum Gasteiger partial charge on any atom is 0.346 e. The topological polar surface area (TPSA) is 63.6 Å². The molecule has 0 spiro atoms. The number of ether oxygens (including phenoxy) is 1. The molecule has 0 aliphatic carbocycles. The Bertz CT molecular complexity index is 364. The predicted octanol–water partition coefficient (Wildman–Crippen LogP) is 1.05. The lowest BCUT2D eigenvalue weighted by Gasteiger charge is -2.02. The van der Waals surface area contributed by atoms with Gasteiger partial charge in [-0.25, -0.2) is 4.79 Å². The molecule has 0 amide bonds. The quantitative estimate of drug-likeness (QED) is 0.194. The highest BCUT2D eigenvalue weighted by atomic mass is 16.5. The molecule has 1 rings (SSSR count). The molecule has 1 aromatic rings. The van der Waals surface area contributed by atoms with Crippen LogP contribution in [0.2, 0.25) is 0 Å². The van der Waals surface area contributed by atoms with E-state index < -0.39 is 5.97 Å². The smallest absolute Gasteiger partial charge is 0.346 e. The van der Waals surface area contributed by atoms with Gasteiger partial charge in [0.15, 0.2) is 6.29 Å². The van der Waals surface area contributed by atoms with Crippen molar-refractivity contribution in [2.45, 2.75) is 0 Å². The van der Waals surface area contributed by atoms with Crippen LogP contribution in [0.5, 0.6) is 11.5 Å². The van der Waals surface area contributed by atoms with Crippen molar-refractivity contribution in [3.8, 4) is 11.5 Å². The molecule has 1 N–H and O–H groups in total. The zero-order chi connectivity index (χ0) is 10.6. The first-order valence-corrected chi connectivity index (χ1v) is 3.79. The van der Waals surface area contributed by atoms with Crippen LogP contribution in [0.15, 0.2) is 36.4 Å². The molecular formula is C10H8O4. The van der Waals surface area contributed by atoms with Crippen LogP contribution in [0.3, 0.4) is 0 Å². The summed E-state index contributed by atoms with van der Waals surface area (Å²) >= 11 is 0. The standard InChI is InChI=1S/C10H8O4/c1-7(6-11)10(13)14-9-4-2-8(12)3-5-9/h2-6,12H,1H2. The van der Waals surface area contributed by atoms with Gasteiger partial charge < -0.3 is 9.84 Å². The van der Waals surface area contributed by atoms with Gasteiger partial charge in [0, 0.05) is 0 Å². The lowest BCUT2D eigenvalue weighted by molar-refractivity contribution is -0.131. The molecule has 72 valence electrons. The maximum atomic E-state index is 11.0. The van der Waals surface area contributed by atoms with E-state index in [1.165, 1.54) is 24.3 Å². The molecule has 0 saturated heterocycles. The molecule has 0 bridgehead atoms. The van der Waals surface area contributed by atoms with E-state index >= 15 is 0 Å². The van der Waals surface area contributed by atoms with Crippen LogP contribution >= 0.6 is 0 Å². The minimum atomic E-state index is -0.800. The average molecular weight is 192 g/mol. The summed E-state index contributed by atoms with van der Waals surface area (Å²) in [5.74, 6) is -0.486. The minimum absolute atomic E-state index is 0.0685. The Kier molecular flexibility index (Phi) is 3.01. The molecule has 0 radical (unpaired) electrons. The van der Waals surface area contributed by atoms with Gasteiger partial charge in [-0.05, 0) is 24.3 Å². The van der Waals surface area contributed by atoms with Crippen molar-refractivity contribution in [2.24, 2.45) is 0 Å². The third-order valence-corrected chi connectivity index (χ3v) is 1.45. The van der Waals surface area contributed by atoms with Gasteiger partial charge >= 0.3 is 5.97 Å². The summed E-state index contributed by atoms with van der Waals surface area (Å²) in [5, 5.41) is 8.93. The van der Waals surface area contributed by atoms with Gasteiger partial charge in [-0.3, -0.25) is 4.79 Å². The van der Waals surface area contributed by atoms with Crippen molar-refractivity contribution in [2.75, 3.05) is 0 Å². The molecule has 0 aromatic heterocycles. The highest BCUT2D eigenvalue weighted by Gasteiger charge is 2.08. The van der Waals surface area contributed by atoms with Gasteiger partial charge in [-0.15, -0.1) is 0 Å². The van der Waals surface area contributed by atoms with E-state index in [1.807, 2.05) is 0 Å². The summed E-state index contributed by atoms with van der Waals surface area (Å²) in [4.78, 5) is 21.2. The number of carbonyl (C=O) groups excluding carboxylic acids is 2.